The first-order chi connectivity index (χ1) is 20.6. The van der Waals surface area contributed by atoms with E-state index in [1.807, 2.05) is 0 Å². The minimum absolute atomic E-state index is 0.0189. The number of halogens is 6. The number of nitrogens with one attached hydrogen (secondary N) is 1. The molecule has 3 rings (SSSR count). The molecule has 0 bridgehead atoms. The molecule has 238 valence electrons. The summed E-state index contributed by atoms with van der Waals surface area (Å²) in [5.74, 6) is -1.57. The molecule has 2 amide bonds. The topological polar surface area (TPSA) is 102 Å². The highest BCUT2D eigenvalue weighted by Gasteiger charge is 2.49. The molecule has 0 aliphatic carbocycles. The SMILES string of the molecule is CCOC(=O)Cc1ccc(OS(=O)(=O)C(F)(F)F)c(-c2ccc(C(F)(F)F)cc2CN(CC)C(=O)NCc2ccccc2)c1. The largest absolute Gasteiger partial charge is 0.534 e. The first-order valence-electron chi connectivity index (χ1n) is 13.1. The second kappa shape index (κ2) is 14.0. The van der Waals surface area contributed by atoms with Gasteiger partial charge in [0.15, 0.2) is 5.75 Å². The molecule has 0 saturated carbocycles. The van der Waals surface area contributed by atoms with Gasteiger partial charge in [-0.2, -0.15) is 34.8 Å². The minimum atomic E-state index is -6.19. The van der Waals surface area contributed by atoms with Crippen molar-refractivity contribution in [1.82, 2.24) is 10.2 Å². The fourth-order valence-corrected chi connectivity index (χ4v) is 4.57. The van der Waals surface area contributed by atoms with Gasteiger partial charge in [-0.3, -0.25) is 4.79 Å². The van der Waals surface area contributed by atoms with Gasteiger partial charge in [0.25, 0.3) is 0 Å². The van der Waals surface area contributed by atoms with Crippen molar-refractivity contribution in [3.8, 4) is 16.9 Å². The van der Waals surface area contributed by atoms with Crippen LogP contribution in [0.2, 0.25) is 0 Å². The van der Waals surface area contributed by atoms with E-state index in [2.05, 4.69) is 9.50 Å². The van der Waals surface area contributed by atoms with E-state index in [4.69, 9.17) is 4.74 Å². The molecular formula is C29H28F6N2O6S. The number of alkyl halides is 6. The van der Waals surface area contributed by atoms with Gasteiger partial charge in [0, 0.05) is 25.2 Å². The van der Waals surface area contributed by atoms with Crippen molar-refractivity contribution in [3.05, 3.63) is 89.0 Å². The van der Waals surface area contributed by atoms with E-state index in [1.54, 1.807) is 44.2 Å². The molecule has 0 fully saturated rings. The van der Waals surface area contributed by atoms with Crippen LogP contribution in [0.1, 0.15) is 36.1 Å². The second-order valence-electron chi connectivity index (χ2n) is 9.32. The fraction of sp³-hybridized carbons (Fsp3) is 0.310. The highest BCUT2D eigenvalue weighted by atomic mass is 32.2. The quantitative estimate of drug-likeness (QED) is 0.111. The van der Waals surface area contributed by atoms with Crippen molar-refractivity contribution < 1.29 is 53.3 Å². The summed E-state index contributed by atoms with van der Waals surface area (Å²) in [5.41, 5.74) is -6.73. The predicted octanol–water partition coefficient (Wildman–Crippen LogP) is 6.44. The van der Waals surface area contributed by atoms with E-state index in [-0.39, 0.29) is 48.4 Å². The minimum Gasteiger partial charge on any atom is -0.466 e. The third-order valence-corrected chi connectivity index (χ3v) is 7.19. The number of esters is 1. The maximum atomic E-state index is 13.7. The summed E-state index contributed by atoms with van der Waals surface area (Å²) in [6, 6.07) is 13.5. The van der Waals surface area contributed by atoms with Crippen LogP contribution in [0.5, 0.6) is 5.75 Å². The normalized spacial score (nSPS) is 12.0. The van der Waals surface area contributed by atoms with E-state index >= 15 is 0 Å². The molecule has 0 heterocycles. The lowest BCUT2D eigenvalue weighted by Crippen LogP contribution is -2.39. The van der Waals surface area contributed by atoms with E-state index in [9.17, 15) is 44.3 Å². The summed E-state index contributed by atoms with van der Waals surface area (Å²) < 4.78 is 114. The third kappa shape index (κ3) is 8.88. The Morgan fingerprint density at radius 3 is 2.14 bits per heavy atom. The van der Waals surface area contributed by atoms with Crippen LogP contribution < -0.4 is 9.50 Å². The monoisotopic (exact) mass is 646 g/mol. The second-order valence-corrected chi connectivity index (χ2v) is 10.9. The van der Waals surface area contributed by atoms with Gasteiger partial charge in [0.2, 0.25) is 0 Å². The standard InChI is InChI=1S/C29H28F6N2O6S/c1-3-37(27(39)36-17-19-8-6-5-7-9-19)18-21-16-22(28(30,31)32)11-12-23(21)24-14-20(15-26(38)42-4-2)10-13-25(24)43-44(40,41)29(33,34)35/h5-14,16H,3-4,15,17-18H2,1-2H3,(H,36,39). The van der Waals surface area contributed by atoms with E-state index in [0.29, 0.717) is 12.1 Å². The zero-order chi connectivity index (χ0) is 32.7. The Labute approximate surface area is 249 Å². The smallest absolute Gasteiger partial charge is 0.466 e. The summed E-state index contributed by atoms with van der Waals surface area (Å²) in [4.78, 5) is 26.2. The number of carbonyl (C=O) groups is 2. The molecule has 3 aromatic carbocycles. The van der Waals surface area contributed by atoms with E-state index < -0.39 is 51.7 Å². The van der Waals surface area contributed by atoms with Crippen LogP contribution in [0.15, 0.2) is 66.7 Å². The lowest BCUT2D eigenvalue weighted by atomic mass is 9.94. The maximum absolute atomic E-state index is 13.7. The van der Waals surface area contributed by atoms with Crippen molar-refractivity contribution in [1.29, 1.82) is 0 Å². The van der Waals surface area contributed by atoms with Crippen LogP contribution in [-0.2, 0) is 45.3 Å². The van der Waals surface area contributed by atoms with Gasteiger partial charge in [-0.15, -0.1) is 0 Å². The molecule has 15 heteroatoms. The lowest BCUT2D eigenvalue weighted by Gasteiger charge is -2.24. The summed E-state index contributed by atoms with van der Waals surface area (Å²) in [6.45, 7) is 2.81. The first-order valence-corrected chi connectivity index (χ1v) is 14.5. The molecule has 1 N–H and O–H groups in total. The van der Waals surface area contributed by atoms with Gasteiger partial charge in [-0.1, -0.05) is 42.5 Å². The zero-order valence-corrected chi connectivity index (χ0v) is 24.3. The molecule has 0 spiro atoms. The summed E-state index contributed by atoms with van der Waals surface area (Å²) in [7, 11) is -6.19. The number of urea groups is 1. The number of carbonyl (C=O) groups excluding carboxylic acids is 2. The Morgan fingerprint density at radius 2 is 1.55 bits per heavy atom. The van der Waals surface area contributed by atoms with Crippen LogP contribution in [0.25, 0.3) is 11.1 Å². The summed E-state index contributed by atoms with van der Waals surface area (Å²) in [5, 5.41) is 2.66. The molecule has 0 saturated heterocycles. The van der Waals surface area contributed by atoms with Crippen molar-refractivity contribution >= 4 is 22.1 Å². The van der Waals surface area contributed by atoms with Gasteiger partial charge in [0.1, 0.15) is 0 Å². The van der Waals surface area contributed by atoms with Gasteiger partial charge in [-0.05, 0) is 60.4 Å². The van der Waals surface area contributed by atoms with Gasteiger partial charge in [0.05, 0.1) is 18.6 Å². The molecule has 0 aliphatic heterocycles. The Hall–Kier alpha value is -4.27. The van der Waals surface area contributed by atoms with E-state index in [1.165, 1.54) is 0 Å². The molecule has 0 aliphatic rings. The molecule has 8 nitrogen and oxygen atoms in total. The van der Waals surface area contributed by atoms with Gasteiger partial charge in [-0.25, -0.2) is 4.79 Å². The third-order valence-electron chi connectivity index (χ3n) is 6.22. The van der Waals surface area contributed by atoms with Crippen molar-refractivity contribution in [2.24, 2.45) is 0 Å². The predicted molar refractivity (Wildman–Crippen MR) is 148 cm³/mol. The zero-order valence-electron chi connectivity index (χ0n) is 23.5. The fourth-order valence-electron chi connectivity index (χ4n) is 4.10. The Morgan fingerprint density at radius 1 is 0.864 bits per heavy atom. The Kier molecular flexibility index (Phi) is 10.9. The number of hydrogen-bond donors (Lipinski definition) is 1. The van der Waals surface area contributed by atoms with Crippen LogP contribution in [0.3, 0.4) is 0 Å². The van der Waals surface area contributed by atoms with Crippen LogP contribution >= 0.6 is 0 Å². The Bertz CT molecular complexity index is 1580. The van der Waals surface area contributed by atoms with Crippen LogP contribution in [0.4, 0.5) is 31.1 Å². The van der Waals surface area contributed by atoms with Crippen LogP contribution in [0, 0.1) is 0 Å². The molecule has 44 heavy (non-hydrogen) atoms. The molecule has 0 aromatic heterocycles. The number of amides is 2. The summed E-state index contributed by atoms with van der Waals surface area (Å²) >= 11 is 0. The number of ether oxygens (including phenoxy) is 1. The molecule has 3 aromatic rings. The highest BCUT2D eigenvalue weighted by molar-refractivity contribution is 7.88. The average molecular weight is 647 g/mol. The number of hydrogen-bond acceptors (Lipinski definition) is 6. The van der Waals surface area contributed by atoms with Crippen molar-refractivity contribution in [2.45, 2.75) is 45.0 Å². The summed E-state index contributed by atoms with van der Waals surface area (Å²) in [6.07, 6.45) is -5.21. The number of nitrogens with zero attached hydrogens (tertiary/aromatic N) is 1. The average Bonchev–Trinajstić information content (AvgIpc) is 2.95. The lowest BCUT2D eigenvalue weighted by molar-refractivity contribution is -0.142. The van der Waals surface area contributed by atoms with Crippen molar-refractivity contribution in [3.63, 3.8) is 0 Å². The van der Waals surface area contributed by atoms with Gasteiger partial charge >= 0.3 is 33.8 Å². The van der Waals surface area contributed by atoms with E-state index in [0.717, 1.165) is 34.7 Å². The van der Waals surface area contributed by atoms with Crippen molar-refractivity contribution in [2.75, 3.05) is 13.2 Å². The molecule has 0 unspecified atom stereocenters. The maximum Gasteiger partial charge on any atom is 0.534 e. The Balaban J connectivity index is 2.12. The molecule has 0 atom stereocenters. The highest BCUT2D eigenvalue weighted by Crippen LogP contribution is 2.40. The first kappa shape index (κ1) is 34.2. The molecule has 0 radical (unpaired) electrons. The molecular weight excluding hydrogens is 618 g/mol. The van der Waals surface area contributed by atoms with Gasteiger partial charge < -0.3 is 19.1 Å². The van der Waals surface area contributed by atoms with Crippen LogP contribution in [-0.4, -0.2) is 44.0 Å². The number of rotatable bonds is 11. The number of benzene rings is 3.